The molecule has 0 fully saturated rings. The van der Waals surface area contributed by atoms with Crippen molar-refractivity contribution in [3.05, 3.63) is 65.2 Å². The zero-order chi connectivity index (χ0) is 25.3. The maximum absolute atomic E-state index is 13.6. The standard InChI is InChI=1S/C26H37N3O4S/c1-6-16-27-26(31)23(7-2)28(17-15-22-11-9-8-10-12-22)25(30)19-29(34(5,32)33)24-14-13-20(3)18-21(24)4/h8-14,18,23H,6-7,15-17,19H2,1-5H3,(H,27,31)/t23-/m1/s1. The van der Waals surface area contributed by atoms with Crippen molar-refractivity contribution in [1.82, 2.24) is 10.2 Å². The van der Waals surface area contributed by atoms with Gasteiger partial charge in [0.1, 0.15) is 12.6 Å². The van der Waals surface area contributed by atoms with Crippen molar-refractivity contribution in [3.63, 3.8) is 0 Å². The van der Waals surface area contributed by atoms with Gasteiger partial charge in [0, 0.05) is 13.1 Å². The predicted molar refractivity (Wildman–Crippen MR) is 137 cm³/mol. The third-order valence-electron chi connectivity index (χ3n) is 5.72. The summed E-state index contributed by atoms with van der Waals surface area (Å²) in [5.74, 6) is -0.622. The Labute approximate surface area is 204 Å². The van der Waals surface area contributed by atoms with Crippen LogP contribution in [0.25, 0.3) is 0 Å². The van der Waals surface area contributed by atoms with Crippen molar-refractivity contribution in [1.29, 1.82) is 0 Å². The van der Waals surface area contributed by atoms with Crippen molar-refractivity contribution in [3.8, 4) is 0 Å². The van der Waals surface area contributed by atoms with Crippen LogP contribution < -0.4 is 9.62 Å². The number of rotatable bonds is 12. The van der Waals surface area contributed by atoms with Crippen molar-refractivity contribution < 1.29 is 18.0 Å². The summed E-state index contributed by atoms with van der Waals surface area (Å²) in [6, 6.07) is 14.5. The number of hydrogen-bond acceptors (Lipinski definition) is 4. The van der Waals surface area contributed by atoms with Crippen molar-refractivity contribution in [2.45, 2.75) is 53.0 Å². The Hall–Kier alpha value is -2.87. The molecule has 0 aliphatic rings. The first-order chi connectivity index (χ1) is 16.1. The van der Waals surface area contributed by atoms with Crippen LogP contribution in [0, 0.1) is 13.8 Å². The van der Waals surface area contributed by atoms with E-state index in [4.69, 9.17) is 0 Å². The second-order valence-corrected chi connectivity index (χ2v) is 10.5. The van der Waals surface area contributed by atoms with Crippen LogP contribution >= 0.6 is 0 Å². The van der Waals surface area contributed by atoms with Gasteiger partial charge in [-0.3, -0.25) is 13.9 Å². The fraction of sp³-hybridized carbons (Fsp3) is 0.462. The number of sulfonamides is 1. The summed E-state index contributed by atoms with van der Waals surface area (Å²) in [7, 11) is -3.73. The predicted octanol–water partition coefficient (Wildman–Crippen LogP) is 3.45. The lowest BCUT2D eigenvalue weighted by Gasteiger charge is -2.33. The summed E-state index contributed by atoms with van der Waals surface area (Å²) in [5.41, 5.74) is 3.28. The first-order valence-electron chi connectivity index (χ1n) is 11.7. The molecule has 0 saturated heterocycles. The van der Waals surface area contributed by atoms with Crippen LogP contribution in [0.2, 0.25) is 0 Å². The highest BCUT2D eigenvalue weighted by Crippen LogP contribution is 2.24. The number of aryl methyl sites for hydroxylation is 2. The average Bonchev–Trinajstić information content (AvgIpc) is 2.79. The van der Waals surface area contributed by atoms with Gasteiger partial charge in [-0.05, 0) is 50.3 Å². The number of amides is 2. The number of carbonyl (C=O) groups excluding carboxylic acids is 2. The Morgan fingerprint density at radius 1 is 1.03 bits per heavy atom. The summed E-state index contributed by atoms with van der Waals surface area (Å²) in [6.45, 7) is 8.05. The minimum atomic E-state index is -3.73. The van der Waals surface area contributed by atoms with Gasteiger partial charge in [0.15, 0.2) is 0 Å². The fourth-order valence-electron chi connectivity index (χ4n) is 3.94. The van der Waals surface area contributed by atoms with Crippen molar-refractivity contribution in [2.24, 2.45) is 0 Å². The monoisotopic (exact) mass is 487 g/mol. The lowest BCUT2D eigenvalue weighted by Crippen LogP contribution is -2.53. The van der Waals surface area contributed by atoms with E-state index in [9.17, 15) is 18.0 Å². The second-order valence-electron chi connectivity index (χ2n) is 8.60. The minimum Gasteiger partial charge on any atom is -0.354 e. The molecule has 7 nitrogen and oxygen atoms in total. The summed E-state index contributed by atoms with van der Waals surface area (Å²) in [6.07, 6.45) is 2.87. The molecule has 8 heteroatoms. The van der Waals surface area contributed by atoms with E-state index in [1.54, 1.807) is 6.07 Å². The lowest BCUT2D eigenvalue weighted by molar-refractivity contribution is -0.139. The van der Waals surface area contributed by atoms with Gasteiger partial charge in [0.05, 0.1) is 11.9 Å². The molecular weight excluding hydrogens is 450 g/mol. The van der Waals surface area contributed by atoms with Crippen LogP contribution in [-0.4, -0.2) is 57.1 Å². The maximum atomic E-state index is 13.6. The molecular formula is C26H37N3O4S. The molecule has 0 radical (unpaired) electrons. The Balaban J connectivity index is 2.37. The number of hydrogen-bond donors (Lipinski definition) is 1. The highest BCUT2D eigenvalue weighted by atomic mass is 32.2. The first-order valence-corrected chi connectivity index (χ1v) is 13.6. The molecule has 0 aromatic heterocycles. The number of carbonyl (C=O) groups is 2. The SMILES string of the molecule is CCCNC(=O)[C@@H](CC)N(CCc1ccccc1)C(=O)CN(c1ccc(C)cc1C)S(C)(=O)=O. The smallest absolute Gasteiger partial charge is 0.244 e. The summed E-state index contributed by atoms with van der Waals surface area (Å²) < 4.78 is 26.5. The minimum absolute atomic E-state index is 0.219. The van der Waals surface area contributed by atoms with Gasteiger partial charge in [-0.1, -0.05) is 61.9 Å². The van der Waals surface area contributed by atoms with Crippen LogP contribution in [0.4, 0.5) is 5.69 Å². The Kier molecular flexibility index (Phi) is 10.1. The largest absolute Gasteiger partial charge is 0.354 e. The molecule has 2 aromatic carbocycles. The Bertz CT molecular complexity index is 1070. The Morgan fingerprint density at radius 3 is 2.26 bits per heavy atom. The number of benzene rings is 2. The molecule has 186 valence electrons. The molecule has 1 atom stereocenters. The van der Waals surface area contributed by atoms with Crippen LogP contribution in [0.5, 0.6) is 0 Å². The average molecular weight is 488 g/mol. The van der Waals surface area contributed by atoms with E-state index in [0.717, 1.165) is 33.7 Å². The van der Waals surface area contributed by atoms with E-state index < -0.39 is 22.0 Å². The second kappa shape index (κ2) is 12.6. The number of nitrogens with zero attached hydrogens (tertiary/aromatic N) is 2. The normalized spacial score (nSPS) is 12.1. The summed E-state index contributed by atoms with van der Waals surface area (Å²) in [5, 5.41) is 2.88. The molecule has 0 aliphatic heterocycles. The zero-order valence-corrected chi connectivity index (χ0v) is 21.7. The third-order valence-corrected chi connectivity index (χ3v) is 6.85. The topological polar surface area (TPSA) is 86.8 Å². The van der Waals surface area contributed by atoms with E-state index in [2.05, 4.69) is 5.32 Å². The van der Waals surface area contributed by atoms with Crippen LogP contribution in [0.15, 0.2) is 48.5 Å². The zero-order valence-electron chi connectivity index (χ0n) is 20.9. The van der Waals surface area contributed by atoms with Gasteiger partial charge >= 0.3 is 0 Å². The molecule has 0 aliphatic carbocycles. The molecule has 0 bridgehead atoms. The molecule has 2 aromatic rings. The van der Waals surface area contributed by atoms with Gasteiger partial charge in [-0.2, -0.15) is 0 Å². The van der Waals surface area contributed by atoms with Gasteiger partial charge in [-0.15, -0.1) is 0 Å². The van der Waals surface area contributed by atoms with Crippen LogP contribution in [0.3, 0.4) is 0 Å². The highest BCUT2D eigenvalue weighted by molar-refractivity contribution is 7.92. The van der Waals surface area contributed by atoms with E-state index in [1.807, 2.05) is 70.2 Å². The van der Waals surface area contributed by atoms with Gasteiger partial charge in [-0.25, -0.2) is 8.42 Å². The molecule has 1 N–H and O–H groups in total. The van der Waals surface area contributed by atoms with Gasteiger partial charge in [0.25, 0.3) is 0 Å². The maximum Gasteiger partial charge on any atom is 0.244 e. The molecule has 0 spiro atoms. The van der Waals surface area contributed by atoms with E-state index in [1.165, 1.54) is 4.90 Å². The summed E-state index contributed by atoms with van der Waals surface area (Å²) in [4.78, 5) is 28.0. The van der Waals surface area contributed by atoms with Gasteiger partial charge < -0.3 is 10.2 Å². The molecule has 0 unspecified atom stereocenters. The molecule has 2 rings (SSSR count). The molecule has 2 amide bonds. The van der Waals surface area contributed by atoms with Gasteiger partial charge in [0.2, 0.25) is 21.8 Å². The molecule has 0 saturated carbocycles. The highest BCUT2D eigenvalue weighted by Gasteiger charge is 2.31. The quantitative estimate of drug-likeness (QED) is 0.497. The van der Waals surface area contributed by atoms with Crippen LogP contribution in [-0.2, 0) is 26.0 Å². The van der Waals surface area contributed by atoms with Crippen molar-refractivity contribution in [2.75, 3.05) is 30.2 Å². The Morgan fingerprint density at radius 2 is 1.71 bits per heavy atom. The van der Waals surface area contributed by atoms with E-state index >= 15 is 0 Å². The number of nitrogens with one attached hydrogen (secondary N) is 1. The van der Waals surface area contributed by atoms with Crippen LogP contribution in [0.1, 0.15) is 43.4 Å². The fourth-order valence-corrected chi connectivity index (χ4v) is 4.85. The first kappa shape index (κ1) is 27.4. The molecule has 34 heavy (non-hydrogen) atoms. The number of anilines is 1. The lowest BCUT2D eigenvalue weighted by atomic mass is 10.1. The molecule has 0 heterocycles. The van der Waals surface area contributed by atoms with E-state index in [0.29, 0.717) is 31.6 Å². The summed E-state index contributed by atoms with van der Waals surface area (Å²) >= 11 is 0. The van der Waals surface area contributed by atoms with Crippen molar-refractivity contribution >= 4 is 27.5 Å². The third kappa shape index (κ3) is 7.58. The van der Waals surface area contributed by atoms with E-state index in [-0.39, 0.29) is 12.5 Å².